The third-order valence-electron chi connectivity index (χ3n) is 4.44. The Balaban J connectivity index is 2.16. The van der Waals surface area contributed by atoms with Gasteiger partial charge >= 0.3 is 0 Å². The molecule has 1 aromatic heterocycles. The summed E-state index contributed by atoms with van der Waals surface area (Å²) in [5, 5.41) is 9.90. The van der Waals surface area contributed by atoms with Crippen LogP contribution < -0.4 is 5.56 Å². The Hall–Kier alpha value is -1.25. The lowest BCUT2D eigenvalue weighted by Crippen LogP contribution is -2.31. The lowest BCUT2D eigenvalue weighted by atomic mass is 9.80. The highest BCUT2D eigenvalue weighted by Crippen LogP contribution is 2.54. The molecule has 16 heavy (non-hydrogen) atoms. The predicted octanol–water partition coefficient (Wildman–Crippen LogP) is 2.23. The molecule has 0 radical (unpaired) electrons. The fourth-order valence-electron chi connectivity index (χ4n) is 3.62. The van der Waals surface area contributed by atoms with E-state index in [2.05, 4.69) is 0 Å². The van der Waals surface area contributed by atoms with Crippen molar-refractivity contribution >= 4 is 0 Å². The molecule has 2 aliphatic carbocycles. The topological polar surface area (TPSA) is 42.2 Å². The van der Waals surface area contributed by atoms with Gasteiger partial charge in [0.25, 0.3) is 5.56 Å². The average molecular weight is 219 g/mol. The lowest BCUT2D eigenvalue weighted by molar-refractivity contribution is 0.148. The van der Waals surface area contributed by atoms with Crippen LogP contribution in [0.25, 0.3) is 0 Å². The number of rotatable bonds is 1. The molecule has 0 saturated heterocycles. The van der Waals surface area contributed by atoms with E-state index in [0.717, 1.165) is 41.2 Å². The van der Waals surface area contributed by atoms with Crippen LogP contribution >= 0.6 is 0 Å². The SMILES string of the molecule is Cc1cc(C23CCC(CC2)C3)n(O)c(=O)c1. The van der Waals surface area contributed by atoms with Crippen LogP contribution in [0.4, 0.5) is 0 Å². The van der Waals surface area contributed by atoms with Crippen LogP contribution in [0.2, 0.25) is 0 Å². The molecule has 3 nitrogen and oxygen atoms in total. The Morgan fingerprint density at radius 3 is 2.62 bits per heavy atom. The zero-order valence-corrected chi connectivity index (χ0v) is 9.57. The van der Waals surface area contributed by atoms with E-state index in [4.69, 9.17) is 0 Å². The Bertz CT molecular complexity index is 481. The first-order chi connectivity index (χ1) is 7.61. The van der Waals surface area contributed by atoms with E-state index in [1.165, 1.54) is 18.9 Å². The van der Waals surface area contributed by atoms with Crippen molar-refractivity contribution in [1.29, 1.82) is 0 Å². The van der Waals surface area contributed by atoms with Crippen molar-refractivity contribution in [3.8, 4) is 0 Å². The van der Waals surface area contributed by atoms with Gasteiger partial charge in [-0.15, -0.1) is 0 Å². The maximum atomic E-state index is 11.6. The van der Waals surface area contributed by atoms with Crippen molar-refractivity contribution in [3.05, 3.63) is 33.7 Å². The van der Waals surface area contributed by atoms with Crippen molar-refractivity contribution in [1.82, 2.24) is 4.73 Å². The molecule has 0 aliphatic heterocycles. The van der Waals surface area contributed by atoms with Crippen molar-refractivity contribution in [2.75, 3.05) is 0 Å². The summed E-state index contributed by atoms with van der Waals surface area (Å²) >= 11 is 0. The van der Waals surface area contributed by atoms with E-state index in [1.807, 2.05) is 13.0 Å². The average Bonchev–Trinajstić information content (AvgIpc) is 2.84. The molecule has 2 saturated carbocycles. The molecule has 0 spiro atoms. The quantitative estimate of drug-likeness (QED) is 0.736. The van der Waals surface area contributed by atoms with Crippen LogP contribution in [0.1, 0.15) is 43.4 Å². The lowest BCUT2D eigenvalue weighted by Gasteiger charge is -2.27. The number of fused-ring (bicyclic) bond motifs is 2. The standard InChI is InChI=1S/C13H17NO2/c1-9-6-11(14(16)12(15)7-9)13-4-2-10(8-13)3-5-13/h6-7,10,16H,2-5,8H2,1H3. The van der Waals surface area contributed by atoms with Gasteiger partial charge < -0.3 is 5.21 Å². The van der Waals surface area contributed by atoms with Crippen LogP contribution in [-0.4, -0.2) is 9.94 Å². The number of hydrogen-bond donors (Lipinski definition) is 1. The van der Waals surface area contributed by atoms with Gasteiger partial charge in [-0.1, -0.05) is 0 Å². The Labute approximate surface area is 94.7 Å². The van der Waals surface area contributed by atoms with Gasteiger partial charge in [0.1, 0.15) is 0 Å². The van der Waals surface area contributed by atoms with Crippen molar-refractivity contribution in [2.24, 2.45) is 5.92 Å². The molecule has 2 bridgehead atoms. The number of nitrogens with zero attached hydrogens (tertiary/aromatic N) is 1. The maximum absolute atomic E-state index is 11.6. The van der Waals surface area contributed by atoms with Crippen molar-refractivity contribution < 1.29 is 5.21 Å². The summed E-state index contributed by atoms with van der Waals surface area (Å²) < 4.78 is 0.876. The summed E-state index contributed by atoms with van der Waals surface area (Å²) in [6, 6.07) is 3.47. The van der Waals surface area contributed by atoms with E-state index in [1.54, 1.807) is 0 Å². The largest absolute Gasteiger partial charge is 0.425 e. The van der Waals surface area contributed by atoms with E-state index < -0.39 is 0 Å². The third kappa shape index (κ3) is 1.24. The molecule has 1 N–H and O–H groups in total. The van der Waals surface area contributed by atoms with Crippen molar-refractivity contribution in [2.45, 2.75) is 44.4 Å². The van der Waals surface area contributed by atoms with E-state index >= 15 is 0 Å². The first kappa shape index (κ1) is 9.94. The fourth-order valence-corrected chi connectivity index (χ4v) is 3.62. The summed E-state index contributed by atoms with van der Waals surface area (Å²) in [7, 11) is 0. The molecule has 86 valence electrons. The Kier molecular flexibility index (Phi) is 1.94. The second-order valence-electron chi connectivity index (χ2n) is 5.50. The van der Waals surface area contributed by atoms with Gasteiger partial charge in [0.15, 0.2) is 0 Å². The molecule has 0 unspecified atom stereocenters. The minimum atomic E-state index is -0.292. The first-order valence-corrected chi connectivity index (χ1v) is 6.04. The molecule has 0 aromatic carbocycles. The molecule has 1 heterocycles. The minimum absolute atomic E-state index is 0.0879. The van der Waals surface area contributed by atoms with Gasteiger partial charge in [-0.05, 0) is 56.6 Å². The summed E-state index contributed by atoms with van der Waals surface area (Å²) in [6.45, 7) is 1.92. The van der Waals surface area contributed by atoms with Gasteiger partial charge in [-0.2, -0.15) is 4.73 Å². The highest BCUT2D eigenvalue weighted by molar-refractivity contribution is 5.26. The first-order valence-electron chi connectivity index (χ1n) is 6.04. The Morgan fingerprint density at radius 2 is 2.06 bits per heavy atom. The molecular weight excluding hydrogens is 202 g/mol. The number of aromatic nitrogens is 1. The summed E-state index contributed by atoms with van der Waals surface area (Å²) in [5.41, 5.74) is 1.59. The zero-order valence-electron chi connectivity index (χ0n) is 9.57. The number of aryl methyl sites for hydroxylation is 1. The van der Waals surface area contributed by atoms with Gasteiger partial charge in [0, 0.05) is 11.5 Å². The monoisotopic (exact) mass is 219 g/mol. The fraction of sp³-hybridized carbons (Fsp3) is 0.615. The normalized spacial score (nSPS) is 32.2. The smallest absolute Gasteiger partial charge is 0.283 e. The van der Waals surface area contributed by atoms with Crippen LogP contribution in [0.3, 0.4) is 0 Å². The predicted molar refractivity (Wildman–Crippen MR) is 60.9 cm³/mol. The van der Waals surface area contributed by atoms with E-state index in [9.17, 15) is 10.0 Å². The molecule has 2 fully saturated rings. The molecule has 3 heteroatoms. The summed E-state index contributed by atoms with van der Waals surface area (Å²) in [6.07, 6.45) is 5.91. The van der Waals surface area contributed by atoms with Gasteiger partial charge in [-0.3, -0.25) is 4.79 Å². The molecule has 0 amide bonds. The highest BCUT2D eigenvalue weighted by atomic mass is 16.5. The van der Waals surface area contributed by atoms with E-state index in [0.29, 0.717) is 0 Å². The van der Waals surface area contributed by atoms with Crippen LogP contribution in [0, 0.1) is 12.8 Å². The molecule has 1 aromatic rings. The maximum Gasteiger partial charge on any atom is 0.283 e. The second kappa shape index (κ2) is 3.12. The summed E-state index contributed by atoms with van der Waals surface area (Å²) in [5.74, 6) is 0.815. The Morgan fingerprint density at radius 1 is 1.38 bits per heavy atom. The van der Waals surface area contributed by atoms with Crippen LogP contribution in [-0.2, 0) is 5.41 Å². The van der Waals surface area contributed by atoms with Crippen LogP contribution in [0.15, 0.2) is 16.9 Å². The molecule has 2 aliphatic rings. The summed E-state index contributed by atoms with van der Waals surface area (Å²) in [4.78, 5) is 11.6. The van der Waals surface area contributed by atoms with Gasteiger partial charge in [0.05, 0.1) is 5.69 Å². The highest BCUT2D eigenvalue weighted by Gasteiger charge is 2.47. The van der Waals surface area contributed by atoms with Crippen LogP contribution in [0.5, 0.6) is 0 Å². The van der Waals surface area contributed by atoms with Gasteiger partial charge in [0.2, 0.25) is 0 Å². The zero-order chi connectivity index (χ0) is 11.3. The van der Waals surface area contributed by atoms with Gasteiger partial charge in [-0.25, -0.2) is 0 Å². The molecular formula is C13H17NO2. The minimum Gasteiger partial charge on any atom is -0.425 e. The molecule has 3 rings (SSSR count). The third-order valence-corrected chi connectivity index (χ3v) is 4.44. The number of hydrogen-bond acceptors (Lipinski definition) is 2. The number of pyridine rings is 1. The van der Waals surface area contributed by atoms with E-state index in [-0.39, 0.29) is 11.0 Å². The second-order valence-corrected chi connectivity index (χ2v) is 5.50. The van der Waals surface area contributed by atoms with Crippen molar-refractivity contribution in [3.63, 3.8) is 0 Å². The molecule has 0 atom stereocenters.